The van der Waals surface area contributed by atoms with Gasteiger partial charge in [0.1, 0.15) is 0 Å². The lowest BCUT2D eigenvalue weighted by atomic mass is 9.76. The lowest BCUT2D eigenvalue weighted by Gasteiger charge is -2.34. The number of ether oxygens (including phenoxy) is 1. The Kier molecular flexibility index (Phi) is 5.26. The topological polar surface area (TPSA) is 35.2 Å². The molecule has 1 saturated carbocycles. The molecule has 0 saturated heterocycles. The Bertz CT molecular complexity index is 193. The number of hydrogen-bond donors (Lipinski definition) is 1. The fourth-order valence-corrected chi connectivity index (χ4v) is 2.25. The van der Waals surface area contributed by atoms with Gasteiger partial charge >= 0.3 is 0 Å². The molecule has 0 heterocycles. The quantitative estimate of drug-likeness (QED) is 0.781. The van der Waals surface area contributed by atoms with Gasteiger partial charge in [-0.05, 0) is 37.0 Å². The Labute approximate surface area is 101 Å². The van der Waals surface area contributed by atoms with Crippen molar-refractivity contribution in [3.05, 3.63) is 0 Å². The Morgan fingerprint density at radius 2 is 1.88 bits per heavy atom. The van der Waals surface area contributed by atoms with Gasteiger partial charge in [0, 0.05) is 6.04 Å². The minimum atomic E-state index is 0.208. The summed E-state index contributed by atoms with van der Waals surface area (Å²) in [6, 6.07) is 0.208. The Morgan fingerprint density at radius 3 is 2.38 bits per heavy atom. The smallest absolute Gasteiger partial charge is 0.0623 e. The average Bonchev–Trinajstić information content (AvgIpc) is 2.26. The van der Waals surface area contributed by atoms with E-state index < -0.39 is 0 Å². The zero-order chi connectivity index (χ0) is 12.2. The van der Waals surface area contributed by atoms with E-state index in [1.54, 1.807) is 0 Å². The van der Waals surface area contributed by atoms with Crippen LogP contribution in [0.1, 0.15) is 59.8 Å². The summed E-state index contributed by atoms with van der Waals surface area (Å²) in [7, 11) is 0. The first-order valence-electron chi connectivity index (χ1n) is 6.82. The van der Waals surface area contributed by atoms with Crippen LogP contribution in [0.4, 0.5) is 0 Å². The molecule has 1 fully saturated rings. The van der Waals surface area contributed by atoms with Crippen LogP contribution in [0.5, 0.6) is 0 Å². The Balaban J connectivity index is 2.20. The van der Waals surface area contributed by atoms with Gasteiger partial charge in [-0.1, -0.05) is 34.1 Å². The van der Waals surface area contributed by atoms with Crippen molar-refractivity contribution < 1.29 is 4.74 Å². The highest BCUT2D eigenvalue weighted by Gasteiger charge is 2.27. The van der Waals surface area contributed by atoms with Crippen molar-refractivity contribution in [3.63, 3.8) is 0 Å². The molecule has 16 heavy (non-hydrogen) atoms. The van der Waals surface area contributed by atoms with Crippen molar-refractivity contribution in [2.24, 2.45) is 17.1 Å². The van der Waals surface area contributed by atoms with Gasteiger partial charge in [-0.3, -0.25) is 0 Å². The van der Waals surface area contributed by atoms with E-state index >= 15 is 0 Å². The van der Waals surface area contributed by atoms with E-state index in [9.17, 15) is 0 Å². The predicted octanol–water partition coefficient (Wildman–Crippen LogP) is 3.35. The van der Waals surface area contributed by atoms with Gasteiger partial charge < -0.3 is 10.5 Å². The van der Waals surface area contributed by atoms with Crippen LogP contribution in [0.3, 0.4) is 0 Å². The molecular weight excluding hydrogens is 198 g/mol. The average molecular weight is 227 g/mol. The summed E-state index contributed by atoms with van der Waals surface area (Å²) in [6.07, 6.45) is 6.60. The summed E-state index contributed by atoms with van der Waals surface area (Å²) >= 11 is 0. The van der Waals surface area contributed by atoms with Crippen LogP contribution in [-0.2, 0) is 4.74 Å². The molecule has 0 bridgehead atoms. The summed E-state index contributed by atoms with van der Waals surface area (Å²) in [6.45, 7) is 9.84. The molecule has 0 aromatic rings. The summed E-state index contributed by atoms with van der Waals surface area (Å²) in [5.41, 5.74) is 6.60. The number of rotatable bonds is 5. The molecule has 2 nitrogen and oxygen atoms in total. The van der Waals surface area contributed by atoms with Crippen molar-refractivity contribution in [1.82, 2.24) is 0 Å². The van der Waals surface area contributed by atoms with Gasteiger partial charge in [0.25, 0.3) is 0 Å². The maximum Gasteiger partial charge on any atom is 0.0623 e. The monoisotopic (exact) mass is 227 g/mol. The minimum absolute atomic E-state index is 0.208. The molecule has 0 aromatic carbocycles. The standard InChI is InChI=1S/C14H29NO/c1-5-11(2)13(15)10-16-12-6-8-14(3,4)9-7-12/h11-13H,5-10,15H2,1-4H3. The summed E-state index contributed by atoms with van der Waals surface area (Å²) in [5.74, 6) is 0.569. The zero-order valence-corrected chi connectivity index (χ0v) is 11.5. The molecule has 0 aromatic heterocycles. The van der Waals surface area contributed by atoms with Crippen molar-refractivity contribution in [2.45, 2.75) is 71.9 Å². The molecule has 0 aliphatic heterocycles. The van der Waals surface area contributed by atoms with Gasteiger partial charge in [0.05, 0.1) is 12.7 Å². The second kappa shape index (κ2) is 6.02. The summed E-state index contributed by atoms with van der Waals surface area (Å²) in [5, 5.41) is 0. The minimum Gasteiger partial charge on any atom is -0.377 e. The van der Waals surface area contributed by atoms with Crippen LogP contribution in [0.2, 0.25) is 0 Å². The molecule has 1 aliphatic rings. The third-order valence-electron chi connectivity index (χ3n) is 4.19. The second-order valence-corrected chi connectivity index (χ2v) is 6.25. The molecule has 96 valence electrons. The highest BCUT2D eigenvalue weighted by atomic mass is 16.5. The zero-order valence-electron chi connectivity index (χ0n) is 11.5. The van der Waals surface area contributed by atoms with Crippen LogP contribution < -0.4 is 5.73 Å². The van der Waals surface area contributed by atoms with E-state index in [-0.39, 0.29) is 6.04 Å². The normalized spacial score (nSPS) is 25.3. The van der Waals surface area contributed by atoms with E-state index in [2.05, 4.69) is 27.7 Å². The SMILES string of the molecule is CCC(C)C(N)COC1CCC(C)(C)CC1. The molecule has 2 N–H and O–H groups in total. The summed E-state index contributed by atoms with van der Waals surface area (Å²) in [4.78, 5) is 0. The van der Waals surface area contributed by atoms with Crippen molar-refractivity contribution in [3.8, 4) is 0 Å². The van der Waals surface area contributed by atoms with Crippen LogP contribution in [0.25, 0.3) is 0 Å². The van der Waals surface area contributed by atoms with Crippen molar-refractivity contribution in [2.75, 3.05) is 6.61 Å². The van der Waals surface area contributed by atoms with Crippen LogP contribution in [-0.4, -0.2) is 18.8 Å². The fraction of sp³-hybridized carbons (Fsp3) is 1.00. The first-order valence-corrected chi connectivity index (χ1v) is 6.82. The van der Waals surface area contributed by atoms with E-state index in [1.165, 1.54) is 25.7 Å². The van der Waals surface area contributed by atoms with E-state index in [1.807, 2.05) is 0 Å². The van der Waals surface area contributed by atoms with Gasteiger partial charge in [-0.2, -0.15) is 0 Å². The molecule has 2 unspecified atom stereocenters. The Morgan fingerprint density at radius 1 is 1.31 bits per heavy atom. The predicted molar refractivity (Wildman–Crippen MR) is 69.4 cm³/mol. The second-order valence-electron chi connectivity index (χ2n) is 6.25. The number of hydrogen-bond acceptors (Lipinski definition) is 2. The maximum absolute atomic E-state index is 6.07. The Hall–Kier alpha value is -0.0800. The highest BCUT2D eigenvalue weighted by Crippen LogP contribution is 2.36. The fourth-order valence-electron chi connectivity index (χ4n) is 2.25. The van der Waals surface area contributed by atoms with Crippen LogP contribution >= 0.6 is 0 Å². The number of nitrogens with two attached hydrogens (primary N) is 1. The lowest BCUT2D eigenvalue weighted by molar-refractivity contribution is -0.00684. The third-order valence-corrected chi connectivity index (χ3v) is 4.19. The van der Waals surface area contributed by atoms with E-state index in [0.717, 1.165) is 13.0 Å². The lowest BCUT2D eigenvalue weighted by Crippen LogP contribution is -2.36. The molecule has 2 heteroatoms. The molecule has 0 radical (unpaired) electrons. The van der Waals surface area contributed by atoms with Gasteiger partial charge in [0.15, 0.2) is 0 Å². The molecule has 0 spiro atoms. The van der Waals surface area contributed by atoms with Crippen LogP contribution in [0.15, 0.2) is 0 Å². The molecular formula is C14H29NO. The van der Waals surface area contributed by atoms with Crippen molar-refractivity contribution >= 4 is 0 Å². The molecule has 2 atom stereocenters. The first kappa shape index (κ1) is 14.0. The van der Waals surface area contributed by atoms with Gasteiger partial charge in [-0.25, -0.2) is 0 Å². The first-order chi connectivity index (χ1) is 7.44. The third kappa shape index (κ3) is 4.42. The summed E-state index contributed by atoms with van der Waals surface area (Å²) < 4.78 is 5.94. The van der Waals surface area contributed by atoms with E-state index in [0.29, 0.717) is 17.4 Å². The van der Waals surface area contributed by atoms with Gasteiger partial charge in [0.2, 0.25) is 0 Å². The van der Waals surface area contributed by atoms with Gasteiger partial charge in [-0.15, -0.1) is 0 Å². The molecule has 1 aliphatic carbocycles. The molecule has 1 rings (SSSR count). The highest BCUT2D eigenvalue weighted by molar-refractivity contribution is 4.79. The van der Waals surface area contributed by atoms with Crippen LogP contribution in [0, 0.1) is 11.3 Å². The van der Waals surface area contributed by atoms with Crippen molar-refractivity contribution in [1.29, 1.82) is 0 Å². The maximum atomic E-state index is 6.07. The van der Waals surface area contributed by atoms with E-state index in [4.69, 9.17) is 10.5 Å². The largest absolute Gasteiger partial charge is 0.377 e. The molecule has 0 amide bonds.